The Kier molecular flexibility index (Phi) is 6.06. The second-order valence-electron chi connectivity index (χ2n) is 3.66. The maximum atomic E-state index is 11.8. The minimum atomic E-state index is -0.691. The number of hydrogen-bond donors (Lipinski definition) is 2. The van der Waals surface area contributed by atoms with Crippen LogP contribution in [0.25, 0.3) is 0 Å². The number of aliphatic hydroxyl groups excluding tert-OH is 1. The Labute approximate surface area is 115 Å². The number of nitrogens with one attached hydrogen (secondary N) is 1. The highest BCUT2D eigenvalue weighted by molar-refractivity contribution is 7.14. The van der Waals surface area contributed by atoms with E-state index in [-0.39, 0.29) is 12.5 Å². The zero-order valence-corrected chi connectivity index (χ0v) is 11.5. The highest BCUT2D eigenvalue weighted by Crippen LogP contribution is 2.15. The largest absolute Gasteiger partial charge is 0.467 e. The van der Waals surface area contributed by atoms with Crippen molar-refractivity contribution in [3.8, 4) is 11.8 Å². The Bertz CT molecular complexity index is 512. The van der Waals surface area contributed by atoms with Gasteiger partial charge in [-0.05, 0) is 19.1 Å². The van der Waals surface area contributed by atoms with Gasteiger partial charge in [0.25, 0.3) is 5.91 Å². The number of aliphatic hydroxyl groups is 1. The number of amides is 1. The van der Waals surface area contributed by atoms with Crippen molar-refractivity contribution in [3.05, 3.63) is 21.9 Å². The third-order valence-electron chi connectivity index (χ3n) is 2.18. The molecule has 1 unspecified atom stereocenters. The van der Waals surface area contributed by atoms with Crippen LogP contribution >= 0.6 is 11.3 Å². The molecule has 1 rings (SSSR count). The van der Waals surface area contributed by atoms with Crippen LogP contribution in [0.1, 0.15) is 27.9 Å². The Balaban J connectivity index is 2.64. The Hall–Kier alpha value is -1.84. The lowest BCUT2D eigenvalue weighted by atomic mass is 10.3. The van der Waals surface area contributed by atoms with E-state index in [1.807, 2.05) is 0 Å². The summed E-state index contributed by atoms with van der Waals surface area (Å²) in [5, 5.41) is 11.1. The minimum Gasteiger partial charge on any atom is -0.467 e. The van der Waals surface area contributed by atoms with Crippen LogP contribution in [0.5, 0.6) is 0 Å². The molecule has 1 atom stereocenters. The van der Waals surface area contributed by atoms with E-state index in [0.29, 0.717) is 11.3 Å². The molecule has 0 aliphatic rings. The van der Waals surface area contributed by atoms with Crippen molar-refractivity contribution < 1.29 is 19.4 Å². The van der Waals surface area contributed by atoms with Gasteiger partial charge < -0.3 is 15.2 Å². The molecule has 0 saturated heterocycles. The van der Waals surface area contributed by atoms with E-state index >= 15 is 0 Å². The van der Waals surface area contributed by atoms with E-state index in [4.69, 9.17) is 5.11 Å². The molecule has 1 heterocycles. The fourth-order valence-corrected chi connectivity index (χ4v) is 2.02. The van der Waals surface area contributed by atoms with Crippen LogP contribution in [0.3, 0.4) is 0 Å². The van der Waals surface area contributed by atoms with Gasteiger partial charge >= 0.3 is 5.97 Å². The molecule has 102 valence electrons. The maximum Gasteiger partial charge on any atom is 0.328 e. The average Bonchev–Trinajstić information content (AvgIpc) is 2.87. The molecule has 6 heteroatoms. The molecule has 0 aromatic carbocycles. The lowest BCUT2D eigenvalue weighted by Gasteiger charge is -2.10. The van der Waals surface area contributed by atoms with Crippen molar-refractivity contribution in [2.75, 3.05) is 13.7 Å². The van der Waals surface area contributed by atoms with Gasteiger partial charge in [0.15, 0.2) is 0 Å². The quantitative estimate of drug-likeness (QED) is 0.631. The number of methoxy groups -OCH3 is 1. The molecule has 0 aliphatic carbocycles. The molecule has 1 aromatic heterocycles. The molecule has 0 fully saturated rings. The van der Waals surface area contributed by atoms with Crippen LogP contribution in [-0.4, -0.2) is 36.7 Å². The van der Waals surface area contributed by atoms with Gasteiger partial charge in [0.05, 0.1) is 23.5 Å². The van der Waals surface area contributed by atoms with Crippen molar-refractivity contribution in [1.82, 2.24) is 5.32 Å². The predicted molar refractivity (Wildman–Crippen MR) is 71.8 cm³/mol. The third-order valence-corrected chi connectivity index (χ3v) is 3.18. The molecule has 0 bridgehead atoms. The smallest absolute Gasteiger partial charge is 0.328 e. The van der Waals surface area contributed by atoms with Crippen molar-refractivity contribution >= 4 is 23.2 Å². The van der Waals surface area contributed by atoms with Crippen molar-refractivity contribution in [2.24, 2.45) is 0 Å². The summed E-state index contributed by atoms with van der Waals surface area (Å²) < 4.78 is 4.52. The summed E-state index contributed by atoms with van der Waals surface area (Å²) in [6, 6.07) is 2.68. The molecule has 0 saturated carbocycles. The van der Waals surface area contributed by atoms with E-state index in [1.54, 1.807) is 19.1 Å². The lowest BCUT2D eigenvalue weighted by molar-refractivity contribution is -0.142. The molecule has 1 aromatic rings. The zero-order valence-electron chi connectivity index (χ0n) is 10.7. The van der Waals surface area contributed by atoms with Crippen LogP contribution in [0, 0.1) is 11.8 Å². The summed E-state index contributed by atoms with van der Waals surface area (Å²) in [6.07, 6.45) is 0.402. The summed E-state index contributed by atoms with van der Waals surface area (Å²) in [7, 11) is 1.27. The number of esters is 1. The minimum absolute atomic E-state index is 0.0162. The summed E-state index contributed by atoms with van der Waals surface area (Å²) in [4.78, 5) is 24.2. The van der Waals surface area contributed by atoms with Crippen molar-refractivity contribution in [1.29, 1.82) is 0 Å². The first-order valence-electron chi connectivity index (χ1n) is 5.66. The first kappa shape index (κ1) is 15.2. The fraction of sp³-hybridized carbons (Fsp3) is 0.385. The normalized spacial score (nSPS) is 11.1. The molecule has 19 heavy (non-hydrogen) atoms. The molecule has 0 radical (unpaired) electrons. The summed E-state index contributed by atoms with van der Waals surface area (Å²) in [6.45, 7) is 1.57. The zero-order chi connectivity index (χ0) is 14.3. The van der Waals surface area contributed by atoms with E-state index in [9.17, 15) is 9.59 Å². The van der Waals surface area contributed by atoms with Crippen molar-refractivity contribution in [3.63, 3.8) is 0 Å². The number of thiophene rings is 1. The van der Waals surface area contributed by atoms with Gasteiger partial charge in [-0.15, -0.1) is 11.3 Å². The number of ether oxygens (including phenoxy) is 1. The van der Waals surface area contributed by atoms with Gasteiger partial charge in [0, 0.05) is 6.42 Å². The molecule has 0 aliphatic heterocycles. The number of hydrogen-bond acceptors (Lipinski definition) is 5. The van der Waals surface area contributed by atoms with Crippen LogP contribution < -0.4 is 5.32 Å². The number of carbonyl (C=O) groups is 2. The first-order valence-corrected chi connectivity index (χ1v) is 6.48. The van der Waals surface area contributed by atoms with Crippen LogP contribution in [-0.2, 0) is 9.53 Å². The highest BCUT2D eigenvalue weighted by Gasteiger charge is 2.17. The second kappa shape index (κ2) is 7.56. The topological polar surface area (TPSA) is 75.6 Å². The van der Waals surface area contributed by atoms with Crippen LogP contribution in [0.2, 0.25) is 0 Å². The molecule has 1 amide bonds. The first-order chi connectivity index (χ1) is 9.08. The standard InChI is InChI=1S/C13H15NO4S/c1-9(13(17)18-2)14-12(16)11-7-6-10(19-11)5-3-4-8-15/h6-7,9,15H,4,8H2,1-2H3,(H,14,16). The van der Waals surface area contributed by atoms with E-state index in [0.717, 1.165) is 4.88 Å². The monoisotopic (exact) mass is 281 g/mol. The molecular formula is C13H15NO4S. The van der Waals surface area contributed by atoms with Crippen LogP contribution in [0.4, 0.5) is 0 Å². The third kappa shape index (κ3) is 4.73. The van der Waals surface area contributed by atoms with Gasteiger partial charge in [-0.1, -0.05) is 11.8 Å². The van der Waals surface area contributed by atoms with Gasteiger partial charge in [0.1, 0.15) is 6.04 Å². The Morgan fingerprint density at radius 3 is 2.89 bits per heavy atom. The summed E-state index contributed by atoms with van der Waals surface area (Å²) >= 11 is 1.23. The van der Waals surface area contributed by atoms with Gasteiger partial charge in [-0.25, -0.2) is 4.79 Å². The SMILES string of the molecule is COC(=O)C(C)NC(=O)c1ccc(C#CCCO)s1. The second-order valence-corrected chi connectivity index (χ2v) is 4.74. The predicted octanol–water partition coefficient (Wildman–Crippen LogP) is 0.773. The number of rotatable bonds is 4. The van der Waals surface area contributed by atoms with Crippen molar-refractivity contribution in [2.45, 2.75) is 19.4 Å². The maximum absolute atomic E-state index is 11.8. The van der Waals surface area contributed by atoms with Gasteiger partial charge in [-0.3, -0.25) is 4.79 Å². The van der Waals surface area contributed by atoms with Gasteiger partial charge in [0.2, 0.25) is 0 Å². The Morgan fingerprint density at radius 2 is 2.26 bits per heavy atom. The van der Waals surface area contributed by atoms with E-state index in [2.05, 4.69) is 21.9 Å². The molecule has 2 N–H and O–H groups in total. The number of carbonyl (C=O) groups excluding carboxylic acids is 2. The molecular weight excluding hydrogens is 266 g/mol. The summed E-state index contributed by atoms with van der Waals surface area (Å²) in [5.41, 5.74) is 0. The van der Waals surface area contributed by atoms with E-state index < -0.39 is 12.0 Å². The summed E-state index contributed by atoms with van der Waals surface area (Å²) in [5.74, 6) is 4.79. The highest BCUT2D eigenvalue weighted by atomic mass is 32.1. The lowest BCUT2D eigenvalue weighted by Crippen LogP contribution is -2.38. The molecule has 5 nitrogen and oxygen atoms in total. The Morgan fingerprint density at radius 1 is 1.53 bits per heavy atom. The molecule has 0 spiro atoms. The van der Waals surface area contributed by atoms with Gasteiger partial charge in [-0.2, -0.15) is 0 Å². The van der Waals surface area contributed by atoms with E-state index in [1.165, 1.54) is 18.4 Å². The van der Waals surface area contributed by atoms with Crippen LogP contribution in [0.15, 0.2) is 12.1 Å². The average molecular weight is 281 g/mol. The fourth-order valence-electron chi connectivity index (χ4n) is 1.24.